The van der Waals surface area contributed by atoms with Gasteiger partial charge in [-0.05, 0) is 58.5 Å². The lowest BCUT2D eigenvalue weighted by Crippen LogP contribution is -2.47. The molecule has 0 aliphatic carbocycles. The van der Waals surface area contributed by atoms with Crippen LogP contribution in [0.4, 0.5) is 0 Å². The van der Waals surface area contributed by atoms with Gasteiger partial charge in [-0.15, -0.1) is 0 Å². The molecular formula is C13H24N2O. The van der Waals surface area contributed by atoms with Gasteiger partial charge in [-0.2, -0.15) is 0 Å². The summed E-state index contributed by atoms with van der Waals surface area (Å²) in [6.07, 6.45) is 3.29. The molecule has 2 aliphatic heterocycles. The van der Waals surface area contributed by atoms with Crippen molar-refractivity contribution in [2.75, 3.05) is 19.6 Å². The van der Waals surface area contributed by atoms with Crippen molar-refractivity contribution in [3.05, 3.63) is 0 Å². The average molecular weight is 224 g/mol. The number of carbonyl (C=O) groups is 1. The summed E-state index contributed by atoms with van der Waals surface area (Å²) in [5, 5.41) is 2.96. The van der Waals surface area contributed by atoms with Crippen LogP contribution in [0.5, 0.6) is 0 Å². The van der Waals surface area contributed by atoms with Crippen molar-refractivity contribution in [3.8, 4) is 0 Å². The lowest BCUT2D eigenvalue weighted by atomic mass is 9.82. The molecule has 16 heavy (non-hydrogen) atoms. The molecule has 2 aliphatic rings. The minimum atomic E-state index is 0.253. The molecule has 0 radical (unpaired) electrons. The summed E-state index contributed by atoms with van der Waals surface area (Å²) >= 11 is 0. The second-order valence-corrected chi connectivity index (χ2v) is 6.26. The molecule has 0 aromatic carbocycles. The molecule has 3 nitrogen and oxygen atoms in total. The van der Waals surface area contributed by atoms with Crippen LogP contribution in [0.25, 0.3) is 0 Å². The summed E-state index contributed by atoms with van der Waals surface area (Å²) in [7, 11) is 0. The Labute approximate surface area is 98.6 Å². The van der Waals surface area contributed by atoms with E-state index in [4.69, 9.17) is 0 Å². The molecule has 2 heterocycles. The van der Waals surface area contributed by atoms with E-state index >= 15 is 0 Å². The van der Waals surface area contributed by atoms with Gasteiger partial charge in [-0.3, -0.25) is 9.69 Å². The van der Waals surface area contributed by atoms with Crippen LogP contribution in [-0.4, -0.2) is 36.0 Å². The maximum Gasteiger partial charge on any atom is 0.220 e. The van der Waals surface area contributed by atoms with Crippen molar-refractivity contribution in [1.82, 2.24) is 10.2 Å². The zero-order chi connectivity index (χ0) is 11.8. The highest BCUT2D eigenvalue weighted by Gasteiger charge is 2.34. The third-order valence-corrected chi connectivity index (χ3v) is 4.16. The van der Waals surface area contributed by atoms with E-state index in [1.165, 1.54) is 25.9 Å². The third-order valence-electron chi connectivity index (χ3n) is 4.16. The standard InChI is InChI=1S/C13H24N2O/c1-13(2,3)15-6-4-10(5-7-15)11-8-12(16)14-9-11/h10-11H,4-9H2,1-3H3,(H,14,16). The number of rotatable bonds is 1. The molecule has 1 unspecified atom stereocenters. The van der Waals surface area contributed by atoms with E-state index in [2.05, 4.69) is 31.0 Å². The van der Waals surface area contributed by atoms with Gasteiger partial charge in [0.25, 0.3) is 0 Å². The predicted octanol–water partition coefficient (Wildman–Crippen LogP) is 1.63. The van der Waals surface area contributed by atoms with Crippen LogP contribution in [-0.2, 0) is 4.79 Å². The number of amides is 1. The zero-order valence-electron chi connectivity index (χ0n) is 10.8. The number of likely N-dealkylation sites (tertiary alicyclic amines) is 1. The van der Waals surface area contributed by atoms with Gasteiger partial charge >= 0.3 is 0 Å². The molecule has 2 fully saturated rings. The Bertz CT molecular complexity index is 262. The van der Waals surface area contributed by atoms with E-state index in [-0.39, 0.29) is 5.91 Å². The second-order valence-electron chi connectivity index (χ2n) is 6.26. The fourth-order valence-electron chi connectivity index (χ4n) is 3.00. The molecule has 1 atom stereocenters. The average Bonchev–Trinajstić information content (AvgIpc) is 2.64. The molecule has 0 saturated carbocycles. The Hall–Kier alpha value is -0.570. The lowest BCUT2D eigenvalue weighted by molar-refractivity contribution is -0.119. The largest absolute Gasteiger partial charge is 0.356 e. The van der Waals surface area contributed by atoms with Crippen molar-refractivity contribution >= 4 is 5.91 Å². The van der Waals surface area contributed by atoms with E-state index in [1.54, 1.807) is 0 Å². The van der Waals surface area contributed by atoms with Crippen molar-refractivity contribution in [2.24, 2.45) is 11.8 Å². The quantitative estimate of drug-likeness (QED) is 0.734. The Kier molecular flexibility index (Phi) is 3.24. The zero-order valence-corrected chi connectivity index (χ0v) is 10.8. The number of hydrogen-bond donors (Lipinski definition) is 1. The predicted molar refractivity (Wildman–Crippen MR) is 65.2 cm³/mol. The summed E-state index contributed by atoms with van der Waals surface area (Å²) in [5.74, 6) is 1.62. The van der Waals surface area contributed by atoms with Crippen LogP contribution in [0.1, 0.15) is 40.0 Å². The first-order valence-electron chi connectivity index (χ1n) is 6.48. The van der Waals surface area contributed by atoms with Crippen molar-refractivity contribution < 1.29 is 4.79 Å². The van der Waals surface area contributed by atoms with Gasteiger partial charge in [-0.1, -0.05) is 0 Å². The van der Waals surface area contributed by atoms with Crippen LogP contribution in [0.15, 0.2) is 0 Å². The molecule has 2 rings (SSSR count). The first kappa shape index (κ1) is 11.9. The van der Waals surface area contributed by atoms with Crippen molar-refractivity contribution in [2.45, 2.75) is 45.6 Å². The second kappa shape index (κ2) is 4.36. The number of nitrogens with zero attached hydrogens (tertiary/aromatic N) is 1. The van der Waals surface area contributed by atoms with Gasteiger partial charge in [0.05, 0.1) is 0 Å². The summed E-state index contributed by atoms with van der Waals surface area (Å²) in [4.78, 5) is 13.8. The van der Waals surface area contributed by atoms with Crippen LogP contribution in [0.3, 0.4) is 0 Å². The number of nitrogens with one attached hydrogen (secondary N) is 1. The Morgan fingerprint density at radius 2 is 1.81 bits per heavy atom. The van der Waals surface area contributed by atoms with Gasteiger partial charge in [0, 0.05) is 18.5 Å². The Balaban J connectivity index is 1.83. The molecule has 1 N–H and O–H groups in total. The molecule has 1 amide bonds. The summed E-state index contributed by atoms with van der Waals surface area (Å²) in [6.45, 7) is 10.2. The van der Waals surface area contributed by atoms with Crippen molar-refractivity contribution in [3.63, 3.8) is 0 Å². The van der Waals surface area contributed by atoms with E-state index in [1.807, 2.05) is 0 Å². The number of carbonyl (C=O) groups excluding carboxylic acids is 1. The molecular weight excluding hydrogens is 200 g/mol. The van der Waals surface area contributed by atoms with Gasteiger partial charge in [0.1, 0.15) is 0 Å². The maximum absolute atomic E-state index is 11.2. The minimum Gasteiger partial charge on any atom is -0.356 e. The normalized spacial score (nSPS) is 29.4. The minimum absolute atomic E-state index is 0.253. The fraction of sp³-hybridized carbons (Fsp3) is 0.923. The topological polar surface area (TPSA) is 32.3 Å². The lowest BCUT2D eigenvalue weighted by Gasteiger charge is -2.42. The first-order valence-corrected chi connectivity index (χ1v) is 6.48. The highest BCUT2D eigenvalue weighted by molar-refractivity contribution is 5.78. The van der Waals surface area contributed by atoms with Gasteiger partial charge in [0.15, 0.2) is 0 Å². The molecule has 0 aromatic heterocycles. The molecule has 92 valence electrons. The van der Waals surface area contributed by atoms with Crippen LogP contribution in [0, 0.1) is 11.8 Å². The highest BCUT2D eigenvalue weighted by atomic mass is 16.1. The van der Waals surface area contributed by atoms with E-state index in [0.717, 1.165) is 18.9 Å². The van der Waals surface area contributed by atoms with E-state index in [0.29, 0.717) is 11.5 Å². The van der Waals surface area contributed by atoms with E-state index in [9.17, 15) is 4.79 Å². The monoisotopic (exact) mass is 224 g/mol. The fourth-order valence-corrected chi connectivity index (χ4v) is 3.00. The Morgan fingerprint density at radius 3 is 2.25 bits per heavy atom. The molecule has 0 spiro atoms. The smallest absolute Gasteiger partial charge is 0.220 e. The van der Waals surface area contributed by atoms with Crippen molar-refractivity contribution in [1.29, 1.82) is 0 Å². The van der Waals surface area contributed by atoms with Crippen LogP contribution in [0.2, 0.25) is 0 Å². The first-order chi connectivity index (χ1) is 7.47. The number of hydrogen-bond acceptors (Lipinski definition) is 2. The van der Waals surface area contributed by atoms with E-state index < -0.39 is 0 Å². The summed E-state index contributed by atoms with van der Waals surface area (Å²) < 4.78 is 0. The summed E-state index contributed by atoms with van der Waals surface area (Å²) in [5.41, 5.74) is 0.300. The third kappa shape index (κ3) is 2.57. The SMILES string of the molecule is CC(C)(C)N1CCC(C2CNC(=O)C2)CC1. The van der Waals surface area contributed by atoms with Gasteiger partial charge in [-0.25, -0.2) is 0 Å². The highest BCUT2D eigenvalue weighted by Crippen LogP contribution is 2.31. The van der Waals surface area contributed by atoms with Crippen LogP contribution < -0.4 is 5.32 Å². The van der Waals surface area contributed by atoms with Gasteiger partial charge < -0.3 is 5.32 Å². The summed E-state index contributed by atoms with van der Waals surface area (Å²) in [6, 6.07) is 0. The van der Waals surface area contributed by atoms with Crippen LogP contribution >= 0.6 is 0 Å². The molecule has 0 bridgehead atoms. The van der Waals surface area contributed by atoms with Gasteiger partial charge in [0.2, 0.25) is 5.91 Å². The number of piperidine rings is 1. The Morgan fingerprint density at radius 1 is 1.19 bits per heavy atom. The molecule has 3 heteroatoms. The molecule has 0 aromatic rings. The maximum atomic E-state index is 11.2. The molecule has 2 saturated heterocycles.